The molecule has 32 heavy (non-hydrogen) atoms. The fraction of sp³-hybridized carbons (Fsp3) is 0.619. The molecular formula is C21H27F3N4O4. The third kappa shape index (κ3) is 5.89. The third-order valence-electron chi connectivity index (χ3n) is 5.31. The van der Waals surface area contributed by atoms with Crippen molar-refractivity contribution >= 4 is 23.7 Å². The maximum absolute atomic E-state index is 12.9. The molecule has 0 spiro atoms. The topological polar surface area (TPSA) is 91.8 Å². The number of ether oxygens (including phenoxy) is 1. The minimum absolute atomic E-state index is 0.0654. The van der Waals surface area contributed by atoms with Crippen molar-refractivity contribution in [2.24, 2.45) is 0 Å². The summed E-state index contributed by atoms with van der Waals surface area (Å²) in [5.41, 5.74) is 0.654. The van der Waals surface area contributed by atoms with E-state index >= 15 is 0 Å². The highest BCUT2D eigenvalue weighted by atomic mass is 19.4. The molecule has 3 heterocycles. The highest BCUT2D eigenvalue weighted by Crippen LogP contribution is 2.27. The van der Waals surface area contributed by atoms with Crippen molar-refractivity contribution in [3.05, 3.63) is 23.4 Å². The van der Waals surface area contributed by atoms with Gasteiger partial charge in [0.25, 0.3) is 0 Å². The van der Waals surface area contributed by atoms with Gasteiger partial charge >= 0.3 is 18.2 Å². The van der Waals surface area contributed by atoms with Crippen LogP contribution in [0.15, 0.2) is 12.1 Å². The monoisotopic (exact) mass is 456 g/mol. The van der Waals surface area contributed by atoms with E-state index in [0.29, 0.717) is 24.4 Å². The van der Waals surface area contributed by atoms with Crippen LogP contribution in [0.1, 0.15) is 51.3 Å². The Bertz CT molecular complexity index is 890. The number of likely N-dealkylation sites (tertiary alicyclic amines) is 1. The largest absolute Gasteiger partial charge is 0.471 e. The van der Waals surface area contributed by atoms with Crippen LogP contribution < -0.4 is 5.32 Å². The molecule has 0 aliphatic carbocycles. The minimum atomic E-state index is -4.92. The standard InChI is InChI=1S/C21H27F3N4O4/c1-20(2,3)32-19(31)28(15-8-10-27(11-9-15)18(30)21(22,23)24)12-14-6-4-13-5-7-16(29)26-17(13)25-14/h4,6,15H,5,7-12H2,1-3H3,(H,25,26,29). The summed E-state index contributed by atoms with van der Waals surface area (Å²) in [5, 5.41) is 2.72. The van der Waals surface area contributed by atoms with Crippen molar-refractivity contribution in [1.82, 2.24) is 14.8 Å². The van der Waals surface area contributed by atoms with Crippen LogP contribution in [0.5, 0.6) is 0 Å². The number of aromatic nitrogens is 1. The van der Waals surface area contributed by atoms with Crippen LogP contribution >= 0.6 is 0 Å². The van der Waals surface area contributed by atoms with Gasteiger partial charge in [-0.2, -0.15) is 13.2 Å². The van der Waals surface area contributed by atoms with E-state index in [1.54, 1.807) is 26.8 Å². The molecule has 0 atom stereocenters. The Morgan fingerprint density at radius 2 is 1.84 bits per heavy atom. The van der Waals surface area contributed by atoms with Crippen molar-refractivity contribution in [3.63, 3.8) is 0 Å². The van der Waals surface area contributed by atoms with Gasteiger partial charge in [0.2, 0.25) is 5.91 Å². The summed E-state index contributed by atoms with van der Waals surface area (Å²) in [6, 6.07) is 3.18. The zero-order chi connectivity index (χ0) is 23.7. The van der Waals surface area contributed by atoms with Crippen LogP contribution in [-0.4, -0.2) is 63.6 Å². The molecule has 1 aromatic rings. The van der Waals surface area contributed by atoms with E-state index in [-0.39, 0.29) is 38.4 Å². The number of aryl methyl sites for hydroxylation is 1. The van der Waals surface area contributed by atoms with Gasteiger partial charge in [0, 0.05) is 25.6 Å². The molecule has 11 heteroatoms. The summed E-state index contributed by atoms with van der Waals surface area (Å²) in [6.07, 6.45) is -4.20. The number of amides is 3. The Morgan fingerprint density at radius 3 is 2.44 bits per heavy atom. The number of hydrogen-bond donors (Lipinski definition) is 1. The van der Waals surface area contributed by atoms with E-state index < -0.39 is 29.8 Å². The van der Waals surface area contributed by atoms with Crippen LogP contribution in [0.3, 0.4) is 0 Å². The summed E-state index contributed by atoms with van der Waals surface area (Å²) in [7, 11) is 0. The second-order valence-corrected chi connectivity index (χ2v) is 8.99. The van der Waals surface area contributed by atoms with Gasteiger partial charge in [-0.1, -0.05) is 6.07 Å². The first kappa shape index (κ1) is 23.8. The van der Waals surface area contributed by atoms with Crippen LogP contribution in [-0.2, 0) is 27.3 Å². The number of carbonyl (C=O) groups excluding carboxylic acids is 3. The van der Waals surface area contributed by atoms with E-state index in [1.807, 2.05) is 6.07 Å². The van der Waals surface area contributed by atoms with Crippen molar-refractivity contribution < 1.29 is 32.3 Å². The lowest BCUT2D eigenvalue weighted by Gasteiger charge is -2.39. The van der Waals surface area contributed by atoms with E-state index in [1.165, 1.54) is 4.90 Å². The van der Waals surface area contributed by atoms with Crippen molar-refractivity contribution in [1.29, 1.82) is 0 Å². The summed E-state index contributed by atoms with van der Waals surface area (Å²) in [4.78, 5) is 42.8. The maximum atomic E-state index is 12.9. The van der Waals surface area contributed by atoms with Crippen molar-refractivity contribution in [3.8, 4) is 0 Å². The quantitative estimate of drug-likeness (QED) is 0.754. The smallest absolute Gasteiger partial charge is 0.444 e. The molecule has 0 aromatic carbocycles. The molecule has 1 N–H and O–H groups in total. The number of anilines is 1. The fourth-order valence-corrected chi connectivity index (χ4v) is 3.77. The summed E-state index contributed by atoms with van der Waals surface area (Å²) < 4.78 is 43.7. The summed E-state index contributed by atoms with van der Waals surface area (Å²) in [5.74, 6) is -1.55. The molecule has 0 unspecified atom stereocenters. The van der Waals surface area contributed by atoms with Gasteiger partial charge in [-0.15, -0.1) is 0 Å². The number of rotatable bonds is 3. The number of pyridine rings is 1. The predicted octanol–water partition coefficient (Wildman–Crippen LogP) is 3.26. The molecule has 3 amide bonds. The SMILES string of the molecule is CC(C)(C)OC(=O)N(Cc1ccc2c(n1)NC(=O)CC2)C1CCN(C(=O)C(F)(F)F)CC1. The molecule has 8 nitrogen and oxygen atoms in total. The van der Waals surface area contributed by atoms with Crippen LogP contribution in [0, 0.1) is 0 Å². The zero-order valence-electron chi connectivity index (χ0n) is 18.3. The van der Waals surface area contributed by atoms with E-state index in [9.17, 15) is 27.6 Å². The van der Waals surface area contributed by atoms with Gasteiger partial charge in [-0.3, -0.25) is 14.5 Å². The van der Waals surface area contributed by atoms with Crippen LogP contribution in [0.2, 0.25) is 0 Å². The Kier molecular flexibility index (Phi) is 6.66. The molecule has 2 aliphatic rings. The number of nitrogens with zero attached hydrogens (tertiary/aromatic N) is 3. The maximum Gasteiger partial charge on any atom is 0.471 e. The number of nitrogens with one attached hydrogen (secondary N) is 1. The summed E-state index contributed by atoms with van der Waals surface area (Å²) in [6.45, 7) is 5.00. The zero-order valence-corrected chi connectivity index (χ0v) is 18.3. The van der Waals surface area contributed by atoms with Gasteiger partial charge in [-0.05, 0) is 51.7 Å². The van der Waals surface area contributed by atoms with Crippen LogP contribution in [0.4, 0.5) is 23.8 Å². The number of hydrogen-bond acceptors (Lipinski definition) is 5. The lowest BCUT2D eigenvalue weighted by atomic mass is 10.0. The van der Waals surface area contributed by atoms with Gasteiger partial charge in [0.15, 0.2) is 0 Å². The lowest BCUT2D eigenvalue weighted by molar-refractivity contribution is -0.186. The third-order valence-corrected chi connectivity index (χ3v) is 5.31. The number of fused-ring (bicyclic) bond motifs is 1. The van der Waals surface area contributed by atoms with E-state index in [2.05, 4.69) is 10.3 Å². The second kappa shape index (κ2) is 8.95. The summed E-state index contributed by atoms with van der Waals surface area (Å²) >= 11 is 0. The molecule has 2 aliphatic heterocycles. The molecular weight excluding hydrogens is 429 g/mol. The molecule has 1 saturated heterocycles. The molecule has 1 aromatic heterocycles. The number of piperidine rings is 1. The molecule has 1 fully saturated rings. The number of alkyl halides is 3. The first-order chi connectivity index (χ1) is 14.8. The normalized spacial score (nSPS) is 17.4. The molecule has 0 saturated carbocycles. The highest BCUT2D eigenvalue weighted by molar-refractivity contribution is 5.92. The Balaban J connectivity index is 1.76. The van der Waals surface area contributed by atoms with Crippen molar-refractivity contribution in [2.45, 2.75) is 70.8 Å². The number of halogens is 3. The molecule has 176 valence electrons. The Labute approximate surface area is 184 Å². The lowest BCUT2D eigenvalue weighted by Crippen LogP contribution is -2.52. The first-order valence-electron chi connectivity index (χ1n) is 10.5. The Morgan fingerprint density at radius 1 is 1.19 bits per heavy atom. The minimum Gasteiger partial charge on any atom is -0.444 e. The molecule has 0 bridgehead atoms. The van der Waals surface area contributed by atoms with Gasteiger partial charge < -0.3 is 15.0 Å². The Hall–Kier alpha value is -2.85. The average Bonchev–Trinajstić information content (AvgIpc) is 2.69. The second-order valence-electron chi connectivity index (χ2n) is 8.99. The van der Waals surface area contributed by atoms with Crippen molar-refractivity contribution in [2.75, 3.05) is 18.4 Å². The first-order valence-corrected chi connectivity index (χ1v) is 10.5. The average molecular weight is 456 g/mol. The van der Waals surface area contributed by atoms with Gasteiger partial charge in [-0.25, -0.2) is 9.78 Å². The van der Waals surface area contributed by atoms with Gasteiger partial charge in [0.05, 0.1) is 12.2 Å². The van der Waals surface area contributed by atoms with Crippen LogP contribution in [0.25, 0.3) is 0 Å². The predicted molar refractivity (Wildman–Crippen MR) is 109 cm³/mol. The van der Waals surface area contributed by atoms with E-state index in [0.717, 1.165) is 10.5 Å². The fourth-order valence-electron chi connectivity index (χ4n) is 3.77. The molecule has 3 rings (SSSR count). The van der Waals surface area contributed by atoms with E-state index in [4.69, 9.17) is 4.74 Å². The highest BCUT2D eigenvalue weighted by Gasteiger charge is 2.44. The van der Waals surface area contributed by atoms with Gasteiger partial charge in [0.1, 0.15) is 11.4 Å². The number of carbonyl (C=O) groups is 3. The molecule has 0 radical (unpaired) electrons.